The molecule has 1 unspecified atom stereocenters. The number of carboxylic acids is 1. The molecule has 0 radical (unpaired) electrons. The number of fused-ring (bicyclic) bond motifs is 1. The molecule has 1 saturated heterocycles. The van der Waals surface area contributed by atoms with Crippen molar-refractivity contribution in [1.82, 2.24) is 19.6 Å². The van der Waals surface area contributed by atoms with E-state index in [9.17, 15) is 19.6 Å². The normalized spacial score (nSPS) is 24.8. The van der Waals surface area contributed by atoms with E-state index in [1.54, 1.807) is 24.3 Å². The fourth-order valence-electron chi connectivity index (χ4n) is 3.47. The molecule has 1 aliphatic rings. The Morgan fingerprint density at radius 2 is 2.09 bits per heavy atom. The number of halogens is 2. The number of rotatable bonds is 9. The number of hydrogen-bond acceptors (Lipinski definition) is 9. The number of nitrogens with one attached hydrogen (secondary N) is 1. The van der Waals surface area contributed by atoms with Crippen molar-refractivity contribution in [3.63, 3.8) is 0 Å². The lowest BCUT2D eigenvalue weighted by Gasteiger charge is -2.24. The number of anilines is 1. The van der Waals surface area contributed by atoms with E-state index in [0.717, 1.165) is 0 Å². The number of carboxylic acid groups (broad SMARTS) is 1. The summed E-state index contributed by atoms with van der Waals surface area (Å²) in [6.45, 7) is 0.662. The maximum Gasteiger partial charge on any atom is 0.459 e. The molecule has 1 fully saturated rings. The maximum atomic E-state index is 15.1. The lowest BCUT2D eigenvalue weighted by Crippen LogP contribution is -2.36. The zero-order chi connectivity index (χ0) is 25.3. The predicted octanol–water partition coefficient (Wildman–Crippen LogP) is 2.53. The van der Waals surface area contributed by atoms with E-state index in [2.05, 4.69) is 15.1 Å². The van der Waals surface area contributed by atoms with Gasteiger partial charge < -0.3 is 29.8 Å². The van der Waals surface area contributed by atoms with E-state index in [0.29, 0.717) is 5.39 Å². The predicted molar refractivity (Wildman–Crippen MR) is 123 cm³/mol. The molecule has 4 rings (SSSR count). The molecule has 0 spiro atoms. The number of aliphatic hydroxyl groups excluding tert-OH is 1. The largest absolute Gasteiger partial charge is 0.480 e. The Labute approximate surface area is 203 Å². The number of aliphatic carboxylic acids is 1. The number of benzene rings is 1. The molecule has 0 saturated carbocycles. The van der Waals surface area contributed by atoms with Gasteiger partial charge in [-0.05, 0) is 36.7 Å². The van der Waals surface area contributed by atoms with Gasteiger partial charge in [-0.1, -0.05) is 18.2 Å². The molecule has 3 aromatic rings. The van der Waals surface area contributed by atoms with Gasteiger partial charge in [0, 0.05) is 6.20 Å². The van der Waals surface area contributed by atoms with Crippen LogP contribution in [-0.2, 0) is 18.6 Å². The second-order valence-corrected chi connectivity index (χ2v) is 9.76. The number of alkyl halides is 1. The number of carbonyl (C=O) groups is 1. The minimum absolute atomic E-state index is 0.0882. The Kier molecular flexibility index (Phi) is 7.27. The van der Waals surface area contributed by atoms with Gasteiger partial charge in [0.2, 0.25) is 5.28 Å². The Morgan fingerprint density at radius 1 is 1.37 bits per heavy atom. The number of nitrogens with two attached hydrogens (primary N) is 1. The lowest BCUT2D eigenvalue weighted by molar-refractivity contribution is -0.138. The van der Waals surface area contributed by atoms with E-state index in [4.69, 9.17) is 31.1 Å². The SMILES string of the molecule is C[C@H](NP(=O)(OC[C@H]1O[C@@H](n2ccc3c(N)nc(Cl)nc32)[C@@H](F)[C@@H]1O)Oc1ccccc1)C(=O)O. The van der Waals surface area contributed by atoms with Crippen LogP contribution in [0.2, 0.25) is 5.28 Å². The summed E-state index contributed by atoms with van der Waals surface area (Å²) in [5, 5.41) is 22.2. The van der Waals surface area contributed by atoms with Crippen molar-refractivity contribution in [3.8, 4) is 5.75 Å². The molecular formula is C20H22ClFN5O7P. The first-order chi connectivity index (χ1) is 16.6. The summed E-state index contributed by atoms with van der Waals surface area (Å²) in [6.07, 6.45) is -4.75. The van der Waals surface area contributed by atoms with E-state index < -0.39 is 51.0 Å². The third-order valence-electron chi connectivity index (χ3n) is 5.24. The minimum atomic E-state index is -4.29. The molecule has 0 aliphatic carbocycles. The van der Waals surface area contributed by atoms with Gasteiger partial charge in [0.05, 0.1) is 12.0 Å². The average molecular weight is 530 g/mol. The summed E-state index contributed by atoms with van der Waals surface area (Å²) in [7, 11) is -4.29. The van der Waals surface area contributed by atoms with Crippen LogP contribution < -0.4 is 15.3 Å². The summed E-state index contributed by atoms with van der Waals surface area (Å²) in [4.78, 5) is 19.2. The maximum absolute atomic E-state index is 15.1. The van der Waals surface area contributed by atoms with Crippen LogP contribution >= 0.6 is 19.3 Å². The summed E-state index contributed by atoms with van der Waals surface area (Å²) in [5.74, 6) is -1.07. The number of aromatic nitrogens is 3. The second-order valence-electron chi connectivity index (χ2n) is 7.72. The number of nitrogens with zero attached hydrogens (tertiary/aromatic N) is 3. The zero-order valence-corrected chi connectivity index (χ0v) is 19.8. The Balaban J connectivity index is 1.53. The van der Waals surface area contributed by atoms with Crippen LogP contribution in [0, 0.1) is 0 Å². The van der Waals surface area contributed by atoms with Gasteiger partial charge in [-0.3, -0.25) is 9.32 Å². The van der Waals surface area contributed by atoms with Gasteiger partial charge in [-0.15, -0.1) is 0 Å². The molecule has 6 atom stereocenters. The number of aliphatic hydroxyl groups is 1. The highest BCUT2D eigenvalue weighted by atomic mass is 35.5. The molecule has 15 heteroatoms. The van der Waals surface area contributed by atoms with Crippen LogP contribution in [0.4, 0.5) is 10.2 Å². The highest BCUT2D eigenvalue weighted by Gasteiger charge is 2.47. The smallest absolute Gasteiger partial charge is 0.459 e. The summed E-state index contributed by atoms with van der Waals surface area (Å²) in [6, 6.07) is 8.17. The van der Waals surface area contributed by atoms with Crippen molar-refractivity contribution in [2.75, 3.05) is 12.3 Å². The van der Waals surface area contributed by atoms with E-state index >= 15 is 4.39 Å². The zero-order valence-electron chi connectivity index (χ0n) is 18.2. The van der Waals surface area contributed by atoms with Crippen molar-refractivity contribution in [1.29, 1.82) is 0 Å². The molecule has 188 valence electrons. The first kappa shape index (κ1) is 25.3. The Morgan fingerprint density at radius 3 is 2.77 bits per heavy atom. The van der Waals surface area contributed by atoms with Crippen molar-refractivity contribution in [2.24, 2.45) is 0 Å². The Bertz CT molecular complexity index is 1270. The molecule has 1 aliphatic heterocycles. The van der Waals surface area contributed by atoms with Crippen LogP contribution in [0.15, 0.2) is 42.6 Å². The first-order valence-electron chi connectivity index (χ1n) is 10.3. The summed E-state index contributed by atoms with van der Waals surface area (Å²) in [5.41, 5.74) is 6.03. The van der Waals surface area contributed by atoms with Gasteiger partial charge in [0.15, 0.2) is 12.4 Å². The lowest BCUT2D eigenvalue weighted by atomic mass is 10.1. The summed E-state index contributed by atoms with van der Waals surface area (Å²) < 4.78 is 46.1. The number of ether oxygens (including phenoxy) is 1. The molecule has 2 aromatic heterocycles. The van der Waals surface area contributed by atoms with Crippen LogP contribution in [0.25, 0.3) is 11.0 Å². The highest BCUT2D eigenvalue weighted by molar-refractivity contribution is 7.52. The quantitative estimate of drug-likeness (QED) is 0.237. The molecule has 5 N–H and O–H groups in total. The number of nitrogen functional groups attached to an aromatic ring is 1. The van der Waals surface area contributed by atoms with Crippen LogP contribution in [0.3, 0.4) is 0 Å². The van der Waals surface area contributed by atoms with E-state index in [1.165, 1.54) is 29.8 Å². The minimum Gasteiger partial charge on any atom is -0.480 e. The average Bonchev–Trinajstić information content (AvgIpc) is 3.34. The van der Waals surface area contributed by atoms with Gasteiger partial charge in [0.25, 0.3) is 0 Å². The molecular weight excluding hydrogens is 508 g/mol. The van der Waals surface area contributed by atoms with Crippen LogP contribution in [0.1, 0.15) is 13.2 Å². The fraction of sp³-hybridized carbons (Fsp3) is 0.350. The van der Waals surface area contributed by atoms with Crippen LogP contribution in [0.5, 0.6) is 5.75 Å². The topological polar surface area (TPSA) is 171 Å². The van der Waals surface area contributed by atoms with Gasteiger partial charge in [-0.2, -0.15) is 10.1 Å². The van der Waals surface area contributed by atoms with Gasteiger partial charge in [0.1, 0.15) is 35.5 Å². The van der Waals surface area contributed by atoms with Crippen molar-refractivity contribution >= 4 is 42.2 Å². The molecule has 1 aromatic carbocycles. The Hall–Kier alpha value is -2.80. The monoisotopic (exact) mass is 529 g/mol. The van der Waals surface area contributed by atoms with Gasteiger partial charge >= 0.3 is 13.7 Å². The second kappa shape index (κ2) is 10.1. The third kappa shape index (κ3) is 5.40. The number of para-hydroxylation sites is 1. The first-order valence-corrected chi connectivity index (χ1v) is 12.3. The summed E-state index contributed by atoms with van der Waals surface area (Å²) >= 11 is 5.87. The van der Waals surface area contributed by atoms with Crippen molar-refractivity contribution in [2.45, 2.75) is 37.6 Å². The number of hydrogen-bond donors (Lipinski definition) is 4. The van der Waals surface area contributed by atoms with Crippen LogP contribution in [-0.4, -0.2) is 61.7 Å². The van der Waals surface area contributed by atoms with E-state index in [1.807, 2.05) is 0 Å². The van der Waals surface area contributed by atoms with E-state index in [-0.39, 0.29) is 22.5 Å². The molecule has 3 heterocycles. The fourth-order valence-corrected chi connectivity index (χ4v) is 5.15. The molecule has 35 heavy (non-hydrogen) atoms. The molecule has 0 amide bonds. The van der Waals surface area contributed by atoms with Gasteiger partial charge in [-0.25, -0.2) is 13.9 Å². The van der Waals surface area contributed by atoms with Crippen molar-refractivity contribution in [3.05, 3.63) is 47.9 Å². The van der Waals surface area contributed by atoms with Crippen molar-refractivity contribution < 1.29 is 37.7 Å². The highest BCUT2D eigenvalue weighted by Crippen LogP contribution is 2.46. The third-order valence-corrected chi connectivity index (χ3v) is 7.05. The standard InChI is InChI=1S/C20H22ClFN5O7P/c1-10(19(29)30)26-35(31,34-11-5-3-2-4-6-11)32-9-13-15(28)14(22)18(33-13)27-8-7-12-16(23)24-20(21)25-17(12)27/h2-8,10,13-15,18,28H,9H2,1H3,(H,26,31)(H,29,30)(H2,23,24,25)/t10-,13+,14-,15+,18+,35?/m0/s1. The molecule has 0 bridgehead atoms. The molecule has 12 nitrogen and oxygen atoms in total.